The summed E-state index contributed by atoms with van der Waals surface area (Å²) in [5.41, 5.74) is -4.38. The van der Waals surface area contributed by atoms with Crippen LogP contribution in [0.15, 0.2) is 0 Å². The quantitative estimate of drug-likeness (QED) is 0.0764. The molecule has 0 heterocycles. The van der Waals surface area contributed by atoms with Crippen LogP contribution in [0.3, 0.4) is 0 Å². The number of hydrogen-bond acceptors (Lipinski definition) is 4. The smallest absolute Gasteiger partial charge is 0.311 e. The second-order valence-electron chi connectivity index (χ2n) is 11.1. The SMILES string of the molecule is CCCCCCCCCCCC(CC(=O)O)(C(=O)O)C(CCCCCCCCCCC)(CC(=O)O)C(=O)O. The molecule has 0 aliphatic heterocycles. The number of carboxylic acids is 4. The summed E-state index contributed by atoms with van der Waals surface area (Å²) in [6.07, 6.45) is 15.1. The Morgan fingerprint density at radius 3 is 0.868 bits per heavy atom. The summed E-state index contributed by atoms with van der Waals surface area (Å²) in [4.78, 5) is 49.1. The largest absolute Gasteiger partial charge is 0.481 e. The van der Waals surface area contributed by atoms with Gasteiger partial charge in [-0.2, -0.15) is 0 Å². The van der Waals surface area contributed by atoms with Crippen LogP contribution in [0, 0.1) is 10.8 Å². The Balaban J connectivity index is 5.50. The van der Waals surface area contributed by atoms with Gasteiger partial charge in [-0.1, -0.05) is 129 Å². The predicted octanol–water partition coefficient (Wildman–Crippen LogP) is 7.92. The van der Waals surface area contributed by atoms with Crippen molar-refractivity contribution in [2.24, 2.45) is 10.8 Å². The highest BCUT2D eigenvalue weighted by molar-refractivity contribution is 5.92. The number of carbonyl (C=O) groups is 4. The summed E-state index contributed by atoms with van der Waals surface area (Å²) in [5.74, 6) is -5.91. The van der Waals surface area contributed by atoms with Crippen LogP contribution < -0.4 is 0 Å². The van der Waals surface area contributed by atoms with E-state index in [1.165, 1.54) is 38.5 Å². The number of aliphatic carboxylic acids is 4. The van der Waals surface area contributed by atoms with Gasteiger partial charge in [0.15, 0.2) is 0 Å². The molecule has 8 nitrogen and oxygen atoms in total. The first-order chi connectivity index (χ1) is 18.1. The van der Waals surface area contributed by atoms with Crippen molar-refractivity contribution in [1.82, 2.24) is 0 Å². The monoisotopic (exact) mass is 542 g/mol. The van der Waals surface area contributed by atoms with E-state index in [9.17, 15) is 39.6 Å². The molecule has 0 saturated carbocycles. The fourth-order valence-electron chi connectivity index (χ4n) is 5.76. The summed E-state index contributed by atoms with van der Waals surface area (Å²) < 4.78 is 0. The Kier molecular flexibility index (Phi) is 19.6. The maximum Gasteiger partial charge on any atom is 0.311 e. The molecule has 4 N–H and O–H groups in total. The van der Waals surface area contributed by atoms with E-state index in [1.807, 2.05) is 0 Å². The van der Waals surface area contributed by atoms with Crippen molar-refractivity contribution >= 4 is 23.9 Å². The minimum absolute atomic E-state index is 0.165. The van der Waals surface area contributed by atoms with Crippen molar-refractivity contribution in [3.8, 4) is 0 Å². The first-order valence-electron chi connectivity index (χ1n) is 15.0. The van der Waals surface area contributed by atoms with E-state index in [0.717, 1.165) is 51.4 Å². The third-order valence-corrected chi connectivity index (χ3v) is 8.06. The van der Waals surface area contributed by atoms with Gasteiger partial charge in [-0.25, -0.2) is 0 Å². The highest BCUT2D eigenvalue weighted by Crippen LogP contribution is 2.53. The molecule has 0 aromatic rings. The van der Waals surface area contributed by atoms with E-state index in [2.05, 4.69) is 13.8 Å². The second-order valence-corrected chi connectivity index (χ2v) is 11.1. The highest BCUT2D eigenvalue weighted by atomic mass is 16.4. The molecule has 0 aromatic heterocycles. The normalized spacial score (nSPS) is 14.5. The topological polar surface area (TPSA) is 149 Å². The number of rotatable bonds is 27. The first kappa shape index (κ1) is 35.9. The number of unbranched alkanes of at least 4 members (excludes halogenated alkanes) is 16. The molecule has 0 aliphatic rings. The Bertz CT molecular complexity index is 634. The van der Waals surface area contributed by atoms with Gasteiger partial charge in [0.25, 0.3) is 0 Å². The maximum absolute atomic E-state index is 12.7. The van der Waals surface area contributed by atoms with Crippen molar-refractivity contribution in [3.05, 3.63) is 0 Å². The third kappa shape index (κ3) is 13.1. The van der Waals surface area contributed by atoms with Crippen LogP contribution in [0.4, 0.5) is 0 Å². The Morgan fingerprint density at radius 1 is 0.421 bits per heavy atom. The van der Waals surface area contributed by atoms with E-state index in [-0.39, 0.29) is 12.8 Å². The van der Waals surface area contributed by atoms with Crippen molar-refractivity contribution in [2.75, 3.05) is 0 Å². The molecule has 8 heteroatoms. The van der Waals surface area contributed by atoms with Crippen LogP contribution in [-0.2, 0) is 19.2 Å². The first-order valence-corrected chi connectivity index (χ1v) is 15.0. The summed E-state index contributed by atoms with van der Waals surface area (Å²) in [6.45, 7) is 4.31. The predicted molar refractivity (Wildman–Crippen MR) is 148 cm³/mol. The molecule has 38 heavy (non-hydrogen) atoms. The van der Waals surface area contributed by atoms with Gasteiger partial charge in [0.05, 0.1) is 23.7 Å². The highest BCUT2D eigenvalue weighted by Gasteiger charge is 2.62. The van der Waals surface area contributed by atoms with Crippen LogP contribution >= 0.6 is 0 Å². The molecular formula is C30H54O8. The lowest BCUT2D eigenvalue weighted by molar-refractivity contribution is -0.184. The van der Waals surface area contributed by atoms with Gasteiger partial charge < -0.3 is 20.4 Å². The lowest BCUT2D eigenvalue weighted by atomic mass is 9.55. The zero-order valence-corrected chi connectivity index (χ0v) is 24.0. The molecule has 0 aromatic carbocycles. The summed E-state index contributed by atoms with van der Waals surface area (Å²) >= 11 is 0. The Hall–Kier alpha value is -2.12. The average molecular weight is 543 g/mol. The van der Waals surface area contributed by atoms with Gasteiger partial charge in [-0.15, -0.1) is 0 Å². The third-order valence-electron chi connectivity index (χ3n) is 8.06. The molecule has 0 rings (SSSR count). The summed E-state index contributed by atoms with van der Waals surface area (Å²) in [6, 6.07) is 0. The van der Waals surface area contributed by atoms with Crippen molar-refractivity contribution < 1.29 is 39.6 Å². The number of hydrogen-bond donors (Lipinski definition) is 4. The van der Waals surface area contributed by atoms with Gasteiger partial charge in [0.2, 0.25) is 0 Å². The van der Waals surface area contributed by atoms with Crippen molar-refractivity contribution in [3.63, 3.8) is 0 Å². The fourth-order valence-corrected chi connectivity index (χ4v) is 5.76. The minimum atomic E-state index is -2.19. The molecule has 0 amide bonds. The lowest BCUT2D eigenvalue weighted by Crippen LogP contribution is -2.55. The standard InChI is InChI=1S/C30H54O8/c1-3-5-7-9-11-13-15-17-19-21-29(27(35)36,23-25(31)32)30(28(37)38,24-26(33)34)22-20-18-16-14-12-10-8-6-4-2/h3-24H2,1-2H3,(H,31,32)(H,33,34)(H,35,36)(H,37,38). The van der Waals surface area contributed by atoms with E-state index in [1.54, 1.807) is 0 Å². The maximum atomic E-state index is 12.7. The Morgan fingerprint density at radius 2 is 0.658 bits per heavy atom. The van der Waals surface area contributed by atoms with Crippen LogP contribution in [-0.4, -0.2) is 44.3 Å². The van der Waals surface area contributed by atoms with Crippen LogP contribution in [0.2, 0.25) is 0 Å². The van der Waals surface area contributed by atoms with Gasteiger partial charge in [-0.3, -0.25) is 19.2 Å². The summed E-state index contributed by atoms with van der Waals surface area (Å²) in [7, 11) is 0. The molecule has 0 spiro atoms. The molecule has 2 unspecified atom stereocenters. The summed E-state index contributed by atoms with van der Waals surface area (Å²) in [5, 5.41) is 39.9. The van der Waals surface area contributed by atoms with Crippen LogP contribution in [0.25, 0.3) is 0 Å². The van der Waals surface area contributed by atoms with Crippen molar-refractivity contribution in [2.45, 2.75) is 155 Å². The zero-order valence-electron chi connectivity index (χ0n) is 24.0. The lowest BCUT2D eigenvalue weighted by Gasteiger charge is -2.44. The molecule has 0 fully saturated rings. The van der Waals surface area contributed by atoms with Gasteiger partial charge in [0, 0.05) is 0 Å². The second kappa shape index (κ2) is 20.8. The van der Waals surface area contributed by atoms with E-state index < -0.39 is 47.5 Å². The molecule has 0 radical (unpaired) electrons. The van der Waals surface area contributed by atoms with Crippen LogP contribution in [0.1, 0.15) is 155 Å². The fraction of sp³-hybridized carbons (Fsp3) is 0.867. The van der Waals surface area contributed by atoms with Crippen molar-refractivity contribution in [1.29, 1.82) is 0 Å². The number of carboxylic acid groups (broad SMARTS) is 4. The molecule has 0 bridgehead atoms. The van der Waals surface area contributed by atoms with E-state index in [4.69, 9.17) is 0 Å². The molecule has 2 atom stereocenters. The van der Waals surface area contributed by atoms with Gasteiger partial charge >= 0.3 is 23.9 Å². The zero-order chi connectivity index (χ0) is 28.9. The minimum Gasteiger partial charge on any atom is -0.481 e. The van der Waals surface area contributed by atoms with Crippen LogP contribution in [0.5, 0.6) is 0 Å². The average Bonchev–Trinajstić information content (AvgIpc) is 2.84. The van der Waals surface area contributed by atoms with E-state index >= 15 is 0 Å². The molecule has 222 valence electrons. The van der Waals surface area contributed by atoms with E-state index in [0.29, 0.717) is 25.7 Å². The molecular weight excluding hydrogens is 488 g/mol. The van der Waals surface area contributed by atoms with Gasteiger partial charge in [0.1, 0.15) is 0 Å². The molecule has 0 aliphatic carbocycles. The molecule has 0 saturated heterocycles. The Labute approximate surface area is 229 Å². The van der Waals surface area contributed by atoms with Gasteiger partial charge in [-0.05, 0) is 12.8 Å².